The zero-order valence-electron chi connectivity index (χ0n) is 15.4. The Morgan fingerprint density at radius 2 is 1.22 bits per heavy atom. The minimum atomic E-state index is 0.967. The molecule has 0 saturated heterocycles. The number of hydrogen-bond donors (Lipinski definition) is 0. The van der Waals surface area contributed by atoms with E-state index in [9.17, 15) is 0 Å². The summed E-state index contributed by atoms with van der Waals surface area (Å²) in [6.45, 7) is 2.15. The predicted molar refractivity (Wildman–Crippen MR) is 115 cm³/mol. The first-order chi connectivity index (χ1) is 13.3. The van der Waals surface area contributed by atoms with Crippen molar-refractivity contribution in [2.45, 2.75) is 13.3 Å². The van der Waals surface area contributed by atoms with E-state index in [1.165, 1.54) is 44.2 Å². The lowest BCUT2D eigenvalue weighted by Gasteiger charge is -2.09. The Kier molecular flexibility index (Phi) is 3.79. The molecule has 0 unspecified atom stereocenters. The molecule has 0 aliphatic carbocycles. The van der Waals surface area contributed by atoms with Crippen molar-refractivity contribution < 1.29 is 0 Å². The van der Waals surface area contributed by atoms with E-state index in [0.29, 0.717) is 0 Å². The van der Waals surface area contributed by atoms with Gasteiger partial charge in [-0.2, -0.15) is 0 Å². The van der Waals surface area contributed by atoms with Gasteiger partial charge >= 0.3 is 0 Å². The molecule has 1 heteroatoms. The monoisotopic (exact) mass is 347 g/mol. The Balaban J connectivity index is 1.59. The fourth-order valence-corrected chi connectivity index (χ4v) is 4.02. The molecule has 130 valence electrons. The van der Waals surface area contributed by atoms with Crippen LogP contribution in [0.15, 0.2) is 97.1 Å². The molecule has 1 nitrogen and oxygen atoms in total. The lowest BCUT2D eigenvalue weighted by Crippen LogP contribution is -1.95. The summed E-state index contributed by atoms with van der Waals surface area (Å²) in [5, 5.41) is 2.61. The van der Waals surface area contributed by atoms with Crippen LogP contribution in [0.4, 0.5) is 0 Å². The number of rotatable bonds is 3. The van der Waals surface area contributed by atoms with Crippen molar-refractivity contribution >= 4 is 21.8 Å². The van der Waals surface area contributed by atoms with Crippen LogP contribution < -0.4 is 0 Å². The van der Waals surface area contributed by atoms with Gasteiger partial charge in [-0.25, -0.2) is 0 Å². The summed E-state index contributed by atoms with van der Waals surface area (Å²) in [6, 6.07) is 35.0. The number of benzene rings is 4. The quantitative estimate of drug-likeness (QED) is 0.343. The molecule has 0 bridgehead atoms. The van der Waals surface area contributed by atoms with Crippen LogP contribution in [0.5, 0.6) is 0 Å². The average Bonchev–Trinajstić information content (AvgIpc) is 3.03. The second-order valence-corrected chi connectivity index (χ2v) is 7.20. The summed E-state index contributed by atoms with van der Waals surface area (Å²) in [5.74, 6) is 0. The van der Waals surface area contributed by atoms with Crippen molar-refractivity contribution in [2.24, 2.45) is 0 Å². The smallest absolute Gasteiger partial charge is 0.0541 e. The minimum Gasteiger partial charge on any atom is -0.309 e. The normalized spacial score (nSPS) is 11.3. The average molecular weight is 347 g/mol. The number of para-hydroxylation sites is 2. The number of aromatic nitrogens is 1. The van der Waals surface area contributed by atoms with Gasteiger partial charge in [-0.1, -0.05) is 78.4 Å². The van der Waals surface area contributed by atoms with Crippen molar-refractivity contribution in [1.82, 2.24) is 4.57 Å². The van der Waals surface area contributed by atoms with Crippen LogP contribution in [-0.4, -0.2) is 4.57 Å². The zero-order chi connectivity index (χ0) is 18.2. The highest BCUT2D eigenvalue weighted by molar-refractivity contribution is 6.09. The largest absolute Gasteiger partial charge is 0.309 e. The van der Waals surface area contributed by atoms with E-state index in [0.717, 1.165) is 6.42 Å². The van der Waals surface area contributed by atoms with Crippen LogP contribution in [0.3, 0.4) is 0 Å². The molecule has 1 heterocycles. The maximum atomic E-state index is 2.36. The fourth-order valence-electron chi connectivity index (χ4n) is 4.02. The van der Waals surface area contributed by atoms with E-state index in [1.54, 1.807) is 0 Å². The van der Waals surface area contributed by atoms with Gasteiger partial charge < -0.3 is 4.57 Å². The maximum Gasteiger partial charge on any atom is 0.0541 e. The highest BCUT2D eigenvalue weighted by Gasteiger charge is 2.11. The Labute approximate surface area is 159 Å². The molecule has 0 N–H and O–H groups in total. The van der Waals surface area contributed by atoms with E-state index in [1.807, 2.05) is 0 Å². The SMILES string of the molecule is Cc1cccc(Cc2ccc(-n3c4ccccc4c4ccccc43)cc2)c1. The highest BCUT2D eigenvalue weighted by Crippen LogP contribution is 2.31. The standard InChI is InChI=1S/C26H21N/c1-19-7-6-8-21(17-19)18-20-13-15-22(16-14-20)27-25-11-4-2-9-23(25)24-10-3-5-12-26(24)27/h2-17H,18H2,1H3. The molecule has 27 heavy (non-hydrogen) atoms. The van der Waals surface area contributed by atoms with E-state index >= 15 is 0 Å². The van der Waals surface area contributed by atoms with Gasteiger partial charge in [-0.05, 0) is 48.7 Å². The summed E-state index contributed by atoms with van der Waals surface area (Å²) in [5.41, 5.74) is 7.73. The van der Waals surface area contributed by atoms with Gasteiger partial charge in [-0.15, -0.1) is 0 Å². The number of nitrogens with zero attached hydrogens (tertiary/aromatic N) is 1. The first-order valence-corrected chi connectivity index (χ1v) is 9.43. The fraction of sp³-hybridized carbons (Fsp3) is 0.0769. The highest BCUT2D eigenvalue weighted by atomic mass is 15.0. The topological polar surface area (TPSA) is 4.93 Å². The summed E-state index contributed by atoms with van der Waals surface area (Å²) in [4.78, 5) is 0. The van der Waals surface area contributed by atoms with Gasteiger partial charge in [0.1, 0.15) is 0 Å². The molecule has 5 aromatic rings. The Hall–Kier alpha value is -3.32. The third-order valence-corrected chi connectivity index (χ3v) is 5.27. The summed E-state index contributed by atoms with van der Waals surface area (Å²) in [6.07, 6.45) is 0.967. The van der Waals surface area contributed by atoms with Crippen LogP contribution in [0.2, 0.25) is 0 Å². The molecular weight excluding hydrogens is 326 g/mol. The van der Waals surface area contributed by atoms with Gasteiger partial charge in [0.15, 0.2) is 0 Å². The maximum absolute atomic E-state index is 2.36. The van der Waals surface area contributed by atoms with Crippen LogP contribution >= 0.6 is 0 Å². The van der Waals surface area contributed by atoms with Gasteiger partial charge in [-0.3, -0.25) is 0 Å². The molecule has 1 aromatic heterocycles. The third-order valence-electron chi connectivity index (χ3n) is 5.27. The van der Waals surface area contributed by atoms with E-state index in [4.69, 9.17) is 0 Å². The molecular formula is C26H21N. The Bertz CT molecular complexity index is 1190. The molecule has 0 saturated carbocycles. The first-order valence-electron chi connectivity index (χ1n) is 9.43. The predicted octanol–water partition coefficient (Wildman–Crippen LogP) is 6.68. The van der Waals surface area contributed by atoms with Crippen LogP contribution in [0, 0.1) is 6.92 Å². The minimum absolute atomic E-state index is 0.967. The second-order valence-electron chi connectivity index (χ2n) is 7.20. The molecule has 5 rings (SSSR count). The van der Waals surface area contributed by atoms with Crippen molar-refractivity contribution in [3.63, 3.8) is 0 Å². The van der Waals surface area contributed by atoms with Crippen molar-refractivity contribution in [3.8, 4) is 5.69 Å². The van der Waals surface area contributed by atoms with E-state index in [-0.39, 0.29) is 0 Å². The first kappa shape index (κ1) is 15.9. The molecule has 0 aliphatic rings. The summed E-state index contributed by atoms with van der Waals surface area (Å²) in [7, 11) is 0. The van der Waals surface area contributed by atoms with E-state index < -0.39 is 0 Å². The van der Waals surface area contributed by atoms with Gasteiger partial charge in [0.2, 0.25) is 0 Å². The summed E-state index contributed by atoms with van der Waals surface area (Å²) >= 11 is 0. The molecule has 0 fully saturated rings. The summed E-state index contributed by atoms with van der Waals surface area (Å²) < 4.78 is 2.36. The number of hydrogen-bond acceptors (Lipinski definition) is 0. The zero-order valence-corrected chi connectivity index (χ0v) is 15.4. The second kappa shape index (κ2) is 6.44. The molecule has 0 radical (unpaired) electrons. The van der Waals surface area contributed by atoms with E-state index in [2.05, 4.69) is 109 Å². The van der Waals surface area contributed by atoms with Crippen LogP contribution in [-0.2, 0) is 6.42 Å². The van der Waals surface area contributed by atoms with Crippen LogP contribution in [0.25, 0.3) is 27.5 Å². The van der Waals surface area contributed by atoms with Crippen molar-refractivity contribution in [3.05, 3.63) is 114 Å². The molecule has 0 atom stereocenters. The van der Waals surface area contributed by atoms with Gasteiger partial charge in [0, 0.05) is 16.5 Å². The number of aryl methyl sites for hydroxylation is 1. The Morgan fingerprint density at radius 1 is 0.593 bits per heavy atom. The van der Waals surface area contributed by atoms with Gasteiger partial charge in [0.05, 0.1) is 11.0 Å². The van der Waals surface area contributed by atoms with Crippen LogP contribution in [0.1, 0.15) is 16.7 Å². The van der Waals surface area contributed by atoms with Gasteiger partial charge in [0.25, 0.3) is 0 Å². The molecule has 0 aliphatic heterocycles. The van der Waals surface area contributed by atoms with Crippen molar-refractivity contribution in [1.29, 1.82) is 0 Å². The molecule has 0 amide bonds. The third kappa shape index (κ3) is 2.82. The van der Waals surface area contributed by atoms with Crippen molar-refractivity contribution in [2.75, 3.05) is 0 Å². The molecule has 0 spiro atoms. The Morgan fingerprint density at radius 3 is 1.85 bits per heavy atom. The number of fused-ring (bicyclic) bond motifs is 3. The lowest BCUT2D eigenvalue weighted by molar-refractivity contribution is 1.14. The molecule has 4 aromatic carbocycles. The lowest BCUT2D eigenvalue weighted by atomic mass is 10.0.